The van der Waals surface area contributed by atoms with Crippen LogP contribution in [0.1, 0.15) is 58.8 Å². The number of alkyl halides is 1. The number of halogens is 1. The van der Waals surface area contributed by atoms with Crippen LogP contribution in [-0.2, 0) is 9.53 Å². The first kappa shape index (κ1) is 16.0. The molecule has 4 heteroatoms. The molecule has 3 rings (SSSR count). The van der Waals surface area contributed by atoms with E-state index in [1.807, 2.05) is 13.8 Å². The number of hydrogen-bond acceptors (Lipinski definition) is 3. The molecule has 0 heterocycles. The summed E-state index contributed by atoms with van der Waals surface area (Å²) in [6.07, 6.45) is 7.84. The Bertz CT molecular complexity index is 420. The van der Waals surface area contributed by atoms with Crippen LogP contribution in [0, 0.1) is 23.7 Å². The van der Waals surface area contributed by atoms with Gasteiger partial charge in [0.2, 0.25) is 0 Å². The molecule has 1 N–H and O–H groups in total. The van der Waals surface area contributed by atoms with E-state index < -0.39 is 9.02 Å². The van der Waals surface area contributed by atoms with Crippen molar-refractivity contribution in [3.05, 3.63) is 0 Å². The van der Waals surface area contributed by atoms with Crippen molar-refractivity contribution in [3.8, 4) is 0 Å². The van der Waals surface area contributed by atoms with E-state index in [-0.39, 0.29) is 12.6 Å². The van der Waals surface area contributed by atoms with Gasteiger partial charge in [0.1, 0.15) is 15.6 Å². The van der Waals surface area contributed by atoms with Gasteiger partial charge in [-0.15, -0.1) is 0 Å². The maximum Gasteiger partial charge on any atom is 0.321 e. The van der Waals surface area contributed by atoms with E-state index in [9.17, 15) is 9.90 Å². The van der Waals surface area contributed by atoms with Crippen molar-refractivity contribution in [1.82, 2.24) is 0 Å². The molecule has 6 unspecified atom stereocenters. The van der Waals surface area contributed by atoms with Crippen LogP contribution in [0.15, 0.2) is 0 Å². The molecule has 0 aromatic carbocycles. The number of fused-ring (bicyclic) bond motifs is 2. The Morgan fingerprint density at radius 2 is 2.10 bits per heavy atom. The van der Waals surface area contributed by atoms with Crippen molar-refractivity contribution in [2.75, 3.05) is 6.61 Å². The molecule has 120 valence electrons. The van der Waals surface area contributed by atoms with Crippen LogP contribution in [0.2, 0.25) is 0 Å². The Hall–Kier alpha value is 0.160. The van der Waals surface area contributed by atoms with Crippen LogP contribution in [0.3, 0.4) is 0 Å². The quantitative estimate of drug-likeness (QED) is 0.440. The van der Waals surface area contributed by atoms with Crippen molar-refractivity contribution in [1.29, 1.82) is 0 Å². The zero-order valence-electron chi connectivity index (χ0n) is 13.1. The highest BCUT2D eigenvalue weighted by Gasteiger charge is 2.53. The van der Waals surface area contributed by atoms with E-state index >= 15 is 0 Å². The van der Waals surface area contributed by atoms with Gasteiger partial charge in [0.15, 0.2) is 0 Å². The highest BCUT2D eigenvalue weighted by atomic mass is 127. The van der Waals surface area contributed by atoms with E-state index in [1.165, 1.54) is 19.3 Å². The molecule has 0 aromatic rings. The second-order valence-corrected chi connectivity index (χ2v) is 10.2. The van der Waals surface area contributed by atoms with Gasteiger partial charge in [-0.2, -0.15) is 0 Å². The summed E-state index contributed by atoms with van der Waals surface area (Å²) in [7, 11) is 0. The zero-order chi connectivity index (χ0) is 15.3. The lowest BCUT2D eigenvalue weighted by molar-refractivity contribution is -0.177. The van der Waals surface area contributed by atoms with Gasteiger partial charge in [-0.1, -0.05) is 35.9 Å². The molecular weight excluding hydrogens is 379 g/mol. The lowest BCUT2D eigenvalue weighted by Gasteiger charge is -2.55. The average Bonchev–Trinajstić information content (AvgIpc) is 2.46. The summed E-state index contributed by atoms with van der Waals surface area (Å²) in [4.78, 5) is 12.2. The highest BCUT2D eigenvalue weighted by Crippen LogP contribution is 2.55. The van der Waals surface area contributed by atoms with Crippen LogP contribution >= 0.6 is 22.6 Å². The van der Waals surface area contributed by atoms with Gasteiger partial charge >= 0.3 is 5.97 Å². The second kappa shape index (κ2) is 5.66. The molecule has 3 fully saturated rings. The molecule has 3 aliphatic carbocycles. The lowest BCUT2D eigenvalue weighted by atomic mass is 9.53. The Labute approximate surface area is 141 Å². The standard InChI is InChI=1S/C17H27IO3/c1-3-16(2,18)15(19)21-10-17(20)9-12-5-4-11-6-13(12)8-14(17)7-11/h11-14,20H,3-10H2,1-2H3. The smallest absolute Gasteiger partial charge is 0.321 e. The van der Waals surface area contributed by atoms with E-state index in [4.69, 9.17) is 4.74 Å². The number of aliphatic hydroxyl groups is 1. The van der Waals surface area contributed by atoms with E-state index in [2.05, 4.69) is 22.6 Å². The highest BCUT2D eigenvalue weighted by molar-refractivity contribution is 14.1. The van der Waals surface area contributed by atoms with Crippen LogP contribution in [0.4, 0.5) is 0 Å². The van der Waals surface area contributed by atoms with Gasteiger partial charge in [0.25, 0.3) is 0 Å². The van der Waals surface area contributed by atoms with E-state index in [0.29, 0.717) is 11.8 Å². The second-order valence-electron chi connectivity index (χ2n) is 7.80. The molecule has 0 saturated heterocycles. The van der Waals surface area contributed by atoms with Gasteiger partial charge in [-0.25, -0.2) is 0 Å². The Morgan fingerprint density at radius 1 is 1.33 bits per heavy atom. The number of hydrogen-bond donors (Lipinski definition) is 1. The molecule has 0 radical (unpaired) electrons. The Balaban J connectivity index is 1.66. The van der Waals surface area contributed by atoms with Crippen LogP contribution < -0.4 is 0 Å². The minimum absolute atomic E-state index is 0.179. The number of esters is 1. The van der Waals surface area contributed by atoms with Crippen molar-refractivity contribution in [3.63, 3.8) is 0 Å². The summed E-state index contributed by atoms with van der Waals surface area (Å²) < 4.78 is 5.07. The van der Waals surface area contributed by atoms with E-state index in [1.54, 1.807) is 0 Å². The molecule has 0 aliphatic heterocycles. The normalized spacial score (nSPS) is 44.2. The minimum Gasteiger partial charge on any atom is -0.462 e. The van der Waals surface area contributed by atoms with Crippen molar-refractivity contribution in [2.24, 2.45) is 23.7 Å². The summed E-state index contributed by atoms with van der Waals surface area (Å²) >= 11 is 2.16. The van der Waals surface area contributed by atoms with E-state index in [0.717, 1.165) is 37.5 Å². The maximum atomic E-state index is 12.2. The van der Waals surface area contributed by atoms with Crippen LogP contribution in [-0.4, -0.2) is 26.7 Å². The lowest BCUT2D eigenvalue weighted by Crippen LogP contribution is -2.55. The largest absolute Gasteiger partial charge is 0.462 e. The van der Waals surface area contributed by atoms with Crippen molar-refractivity contribution >= 4 is 28.6 Å². The molecule has 6 atom stereocenters. The number of rotatable bonds is 4. The van der Waals surface area contributed by atoms with Crippen LogP contribution in [0.5, 0.6) is 0 Å². The van der Waals surface area contributed by atoms with Crippen LogP contribution in [0.25, 0.3) is 0 Å². The molecule has 0 spiro atoms. The fourth-order valence-electron chi connectivity index (χ4n) is 4.78. The number of ether oxygens (including phenoxy) is 1. The van der Waals surface area contributed by atoms with Gasteiger partial charge < -0.3 is 9.84 Å². The number of carbonyl (C=O) groups is 1. The first-order valence-corrected chi connectivity index (χ1v) is 9.50. The number of carbonyl (C=O) groups excluding carboxylic acids is 1. The molecule has 3 aliphatic rings. The minimum atomic E-state index is -0.767. The summed E-state index contributed by atoms with van der Waals surface area (Å²) in [5, 5.41) is 11.1. The predicted octanol–water partition coefficient (Wildman–Crippen LogP) is 3.71. The Kier molecular flexibility index (Phi) is 4.32. The van der Waals surface area contributed by atoms with Gasteiger partial charge in [0.05, 0.1) is 0 Å². The van der Waals surface area contributed by atoms with Crippen molar-refractivity contribution in [2.45, 2.75) is 67.8 Å². The molecule has 21 heavy (non-hydrogen) atoms. The third-order valence-electron chi connectivity index (χ3n) is 6.37. The molecule has 0 amide bonds. The maximum absolute atomic E-state index is 12.2. The molecule has 0 aromatic heterocycles. The first-order chi connectivity index (χ1) is 9.84. The van der Waals surface area contributed by atoms with Gasteiger partial charge in [0, 0.05) is 0 Å². The fraction of sp³-hybridized carbons (Fsp3) is 0.941. The first-order valence-electron chi connectivity index (χ1n) is 8.42. The molecule has 3 nitrogen and oxygen atoms in total. The van der Waals surface area contributed by atoms with Gasteiger partial charge in [-0.05, 0) is 69.1 Å². The van der Waals surface area contributed by atoms with Crippen molar-refractivity contribution < 1.29 is 14.6 Å². The van der Waals surface area contributed by atoms with Gasteiger partial charge in [-0.3, -0.25) is 4.79 Å². The SMILES string of the molecule is CCC(C)(I)C(=O)OCC1(O)CC2CCC3CC2CC1C3. The summed E-state index contributed by atoms with van der Waals surface area (Å²) in [6.45, 7) is 4.10. The fourth-order valence-corrected chi connectivity index (χ4v) is 4.94. The molecular formula is C17H27IO3. The Morgan fingerprint density at radius 3 is 2.81 bits per heavy atom. The topological polar surface area (TPSA) is 46.5 Å². The average molecular weight is 406 g/mol. The third kappa shape index (κ3) is 2.99. The monoisotopic (exact) mass is 406 g/mol. The summed E-state index contributed by atoms with van der Waals surface area (Å²) in [5.41, 5.74) is -0.767. The predicted molar refractivity (Wildman–Crippen MR) is 90.3 cm³/mol. The zero-order valence-corrected chi connectivity index (χ0v) is 15.3. The third-order valence-corrected chi connectivity index (χ3v) is 7.58. The molecule has 3 bridgehead atoms. The summed E-state index contributed by atoms with van der Waals surface area (Å²) in [5.74, 6) is 2.44. The molecule has 3 saturated carbocycles. The summed E-state index contributed by atoms with van der Waals surface area (Å²) in [6, 6.07) is 0.